The van der Waals surface area contributed by atoms with Crippen LogP contribution in [-0.4, -0.2) is 48.2 Å². The fourth-order valence-corrected chi connectivity index (χ4v) is 3.13. The summed E-state index contributed by atoms with van der Waals surface area (Å²) in [6.45, 7) is 2.68. The van der Waals surface area contributed by atoms with Gasteiger partial charge in [-0.1, -0.05) is 0 Å². The lowest BCUT2D eigenvalue weighted by Crippen LogP contribution is -2.41. The van der Waals surface area contributed by atoms with Crippen molar-refractivity contribution in [2.45, 2.75) is 25.4 Å². The molecule has 0 spiro atoms. The third-order valence-corrected chi connectivity index (χ3v) is 4.32. The molecule has 0 amide bonds. The van der Waals surface area contributed by atoms with Gasteiger partial charge in [0.05, 0.1) is 20.8 Å². The summed E-state index contributed by atoms with van der Waals surface area (Å²) < 4.78 is 10.7. The van der Waals surface area contributed by atoms with E-state index >= 15 is 0 Å². The van der Waals surface area contributed by atoms with Gasteiger partial charge in [0.15, 0.2) is 0 Å². The van der Waals surface area contributed by atoms with Gasteiger partial charge in [0.1, 0.15) is 23.1 Å². The largest absolute Gasteiger partial charge is 0.497 e. The van der Waals surface area contributed by atoms with E-state index in [0.717, 1.165) is 48.9 Å². The molecule has 0 aliphatic carbocycles. The van der Waals surface area contributed by atoms with Crippen LogP contribution in [0.4, 0.5) is 11.5 Å². The molecular formula is C18H25N5O2. The molecule has 1 saturated heterocycles. The maximum Gasteiger partial charge on any atom is 0.144 e. The summed E-state index contributed by atoms with van der Waals surface area (Å²) in [5.74, 6) is 2.84. The van der Waals surface area contributed by atoms with Gasteiger partial charge in [0.2, 0.25) is 0 Å². The molecule has 3 N–H and O–H groups in total. The van der Waals surface area contributed by atoms with Crippen molar-refractivity contribution in [1.29, 1.82) is 0 Å². The quantitative estimate of drug-likeness (QED) is 0.831. The zero-order valence-corrected chi connectivity index (χ0v) is 14.7. The number of nitrogens with one attached hydrogen (secondary N) is 1. The van der Waals surface area contributed by atoms with Gasteiger partial charge in [-0.3, -0.25) is 4.90 Å². The van der Waals surface area contributed by atoms with Crippen LogP contribution in [0.5, 0.6) is 11.5 Å². The summed E-state index contributed by atoms with van der Waals surface area (Å²) in [5.41, 5.74) is 6.75. The van der Waals surface area contributed by atoms with Crippen LogP contribution in [0.25, 0.3) is 0 Å². The van der Waals surface area contributed by atoms with Gasteiger partial charge < -0.3 is 20.5 Å². The summed E-state index contributed by atoms with van der Waals surface area (Å²) in [7, 11) is 3.32. The van der Waals surface area contributed by atoms with E-state index in [1.165, 1.54) is 0 Å². The van der Waals surface area contributed by atoms with Gasteiger partial charge in [-0.05, 0) is 25.5 Å². The van der Waals surface area contributed by atoms with Crippen molar-refractivity contribution >= 4 is 11.5 Å². The lowest BCUT2D eigenvalue weighted by atomic mass is 10.1. The molecule has 25 heavy (non-hydrogen) atoms. The number of likely N-dealkylation sites (tertiary alicyclic amines) is 1. The van der Waals surface area contributed by atoms with E-state index in [4.69, 9.17) is 15.2 Å². The zero-order chi connectivity index (χ0) is 17.6. The van der Waals surface area contributed by atoms with Crippen molar-refractivity contribution < 1.29 is 9.47 Å². The van der Waals surface area contributed by atoms with Crippen LogP contribution in [0, 0.1) is 0 Å². The van der Waals surface area contributed by atoms with E-state index in [1.807, 2.05) is 18.2 Å². The van der Waals surface area contributed by atoms with Crippen molar-refractivity contribution in [3.8, 4) is 11.5 Å². The van der Waals surface area contributed by atoms with Gasteiger partial charge in [-0.25, -0.2) is 9.97 Å². The molecule has 3 rings (SSSR count). The molecule has 7 nitrogen and oxygen atoms in total. The third-order valence-electron chi connectivity index (χ3n) is 4.32. The Kier molecular flexibility index (Phi) is 5.55. The van der Waals surface area contributed by atoms with E-state index in [-0.39, 0.29) is 0 Å². The Morgan fingerprint density at radius 1 is 1.24 bits per heavy atom. The first-order valence-corrected chi connectivity index (χ1v) is 8.45. The fraction of sp³-hybridized carbons (Fsp3) is 0.444. The second-order valence-electron chi connectivity index (χ2n) is 6.22. The van der Waals surface area contributed by atoms with Crippen molar-refractivity contribution in [2.24, 2.45) is 0 Å². The van der Waals surface area contributed by atoms with E-state index in [2.05, 4.69) is 20.2 Å². The number of hydrogen-bond donors (Lipinski definition) is 2. The average molecular weight is 343 g/mol. The standard InChI is InChI=1S/C18H25N5O2/c1-24-15-8-14(9-16(10-15)25-2)21-13-4-3-7-23(11-13)12-18-20-6-5-17(19)22-18/h5-6,8-10,13,21H,3-4,7,11-12H2,1-2H3,(H2,19,20,22)/t13-/m1/s1. The number of aromatic nitrogens is 2. The summed E-state index contributed by atoms with van der Waals surface area (Å²) in [5, 5.41) is 3.59. The lowest BCUT2D eigenvalue weighted by molar-refractivity contribution is 0.204. The number of nitrogens with zero attached hydrogens (tertiary/aromatic N) is 3. The summed E-state index contributed by atoms with van der Waals surface area (Å²) in [4.78, 5) is 10.9. The predicted molar refractivity (Wildman–Crippen MR) is 97.9 cm³/mol. The molecule has 2 heterocycles. The number of nitrogens with two attached hydrogens (primary N) is 1. The molecule has 1 aliphatic heterocycles. The molecule has 1 aliphatic rings. The molecule has 134 valence electrons. The molecule has 1 atom stereocenters. The number of rotatable bonds is 6. The molecule has 1 fully saturated rings. The van der Waals surface area contributed by atoms with E-state index in [0.29, 0.717) is 18.4 Å². The van der Waals surface area contributed by atoms with Crippen LogP contribution < -0.4 is 20.5 Å². The predicted octanol–water partition coefficient (Wildman–Crippen LogP) is 2.15. The maximum atomic E-state index is 5.74. The van der Waals surface area contributed by atoms with Crippen LogP contribution in [0.15, 0.2) is 30.5 Å². The second-order valence-corrected chi connectivity index (χ2v) is 6.22. The molecule has 1 aromatic carbocycles. The zero-order valence-electron chi connectivity index (χ0n) is 14.7. The monoisotopic (exact) mass is 343 g/mol. The molecular weight excluding hydrogens is 318 g/mol. The van der Waals surface area contributed by atoms with Gasteiger partial charge in [-0.2, -0.15) is 0 Å². The van der Waals surface area contributed by atoms with Crippen molar-refractivity contribution in [1.82, 2.24) is 14.9 Å². The Balaban J connectivity index is 1.63. The summed E-state index contributed by atoms with van der Waals surface area (Å²) >= 11 is 0. The van der Waals surface area contributed by atoms with Gasteiger partial charge in [0.25, 0.3) is 0 Å². The second kappa shape index (κ2) is 8.02. The van der Waals surface area contributed by atoms with Crippen LogP contribution in [0.1, 0.15) is 18.7 Å². The smallest absolute Gasteiger partial charge is 0.144 e. The number of piperidine rings is 1. The van der Waals surface area contributed by atoms with E-state index in [1.54, 1.807) is 26.5 Å². The van der Waals surface area contributed by atoms with Crippen molar-refractivity contribution in [3.05, 3.63) is 36.3 Å². The highest BCUT2D eigenvalue weighted by molar-refractivity contribution is 5.54. The third kappa shape index (κ3) is 4.73. The Bertz CT molecular complexity index is 687. The number of ether oxygens (including phenoxy) is 2. The summed E-state index contributed by atoms with van der Waals surface area (Å²) in [6, 6.07) is 7.91. The highest BCUT2D eigenvalue weighted by Crippen LogP contribution is 2.27. The van der Waals surface area contributed by atoms with Crippen LogP contribution in [0.3, 0.4) is 0 Å². The highest BCUT2D eigenvalue weighted by atomic mass is 16.5. The van der Waals surface area contributed by atoms with E-state index < -0.39 is 0 Å². The van der Waals surface area contributed by atoms with Gasteiger partial charge >= 0.3 is 0 Å². The molecule has 0 bridgehead atoms. The Labute approximate surface area is 148 Å². The summed E-state index contributed by atoms with van der Waals surface area (Å²) in [6.07, 6.45) is 3.95. The number of nitrogen functional groups attached to an aromatic ring is 1. The number of benzene rings is 1. The molecule has 7 heteroatoms. The van der Waals surface area contributed by atoms with Gasteiger partial charge in [-0.15, -0.1) is 0 Å². The fourth-order valence-electron chi connectivity index (χ4n) is 3.13. The Morgan fingerprint density at radius 3 is 2.68 bits per heavy atom. The number of anilines is 2. The molecule has 0 saturated carbocycles. The minimum atomic E-state index is 0.353. The number of methoxy groups -OCH3 is 2. The SMILES string of the molecule is COc1cc(N[C@@H]2CCCN(Cc3nccc(N)n3)C2)cc(OC)c1. The van der Waals surface area contributed by atoms with Crippen LogP contribution in [0.2, 0.25) is 0 Å². The lowest BCUT2D eigenvalue weighted by Gasteiger charge is -2.33. The molecule has 0 radical (unpaired) electrons. The Morgan fingerprint density at radius 2 is 2.00 bits per heavy atom. The average Bonchev–Trinajstić information content (AvgIpc) is 2.61. The normalized spacial score (nSPS) is 17.9. The number of hydrogen-bond acceptors (Lipinski definition) is 7. The van der Waals surface area contributed by atoms with Crippen molar-refractivity contribution in [3.63, 3.8) is 0 Å². The minimum Gasteiger partial charge on any atom is -0.497 e. The first-order chi connectivity index (χ1) is 12.2. The Hall–Kier alpha value is -2.54. The van der Waals surface area contributed by atoms with Crippen LogP contribution >= 0.6 is 0 Å². The maximum absolute atomic E-state index is 5.74. The molecule has 2 aromatic rings. The van der Waals surface area contributed by atoms with Crippen LogP contribution in [-0.2, 0) is 6.54 Å². The molecule has 1 aromatic heterocycles. The highest BCUT2D eigenvalue weighted by Gasteiger charge is 2.21. The minimum absolute atomic E-state index is 0.353. The van der Waals surface area contributed by atoms with E-state index in [9.17, 15) is 0 Å². The van der Waals surface area contributed by atoms with Crippen molar-refractivity contribution in [2.75, 3.05) is 38.4 Å². The van der Waals surface area contributed by atoms with Gasteiger partial charge in [0, 0.05) is 42.7 Å². The molecule has 0 unspecified atom stereocenters. The topological polar surface area (TPSA) is 85.5 Å². The first kappa shape index (κ1) is 17.3. The first-order valence-electron chi connectivity index (χ1n) is 8.45.